The number of halogens is 1. The number of nitrogen functional groups attached to an aromatic ring is 1. The van der Waals surface area contributed by atoms with Crippen LogP contribution in [0.4, 0.5) is 10.6 Å². The molecule has 94 valence electrons. The van der Waals surface area contributed by atoms with Gasteiger partial charge in [-0.2, -0.15) is 0 Å². The maximum atomic E-state index is 11.4. The van der Waals surface area contributed by atoms with Crippen LogP contribution >= 0.6 is 15.9 Å². The van der Waals surface area contributed by atoms with E-state index in [9.17, 15) is 4.79 Å². The van der Waals surface area contributed by atoms with Crippen LogP contribution in [0.5, 0.6) is 0 Å². The number of amides is 1. The third-order valence-electron chi connectivity index (χ3n) is 1.79. The molecule has 0 aliphatic carbocycles. The number of rotatable bonds is 2. The Morgan fingerprint density at radius 1 is 1.59 bits per heavy atom. The van der Waals surface area contributed by atoms with Gasteiger partial charge in [0.05, 0.1) is 0 Å². The zero-order valence-corrected chi connectivity index (χ0v) is 11.7. The lowest BCUT2D eigenvalue weighted by Gasteiger charge is -2.20. The smallest absolute Gasteiger partial charge is 0.407 e. The molecule has 17 heavy (non-hydrogen) atoms. The molecule has 1 rings (SSSR count). The molecule has 1 amide bonds. The first-order valence-electron chi connectivity index (χ1n) is 5.13. The topological polar surface area (TPSA) is 77.2 Å². The SMILES string of the molecule is CC(C)(C)NC(=O)OCc1cc(N)ncc1Br. The monoisotopic (exact) mass is 301 g/mol. The van der Waals surface area contributed by atoms with Gasteiger partial charge >= 0.3 is 6.09 Å². The first kappa shape index (κ1) is 13.8. The van der Waals surface area contributed by atoms with Crippen LogP contribution in [0.25, 0.3) is 0 Å². The number of ether oxygens (including phenoxy) is 1. The number of hydrogen-bond donors (Lipinski definition) is 2. The summed E-state index contributed by atoms with van der Waals surface area (Å²) in [7, 11) is 0. The summed E-state index contributed by atoms with van der Waals surface area (Å²) < 4.78 is 5.84. The highest BCUT2D eigenvalue weighted by molar-refractivity contribution is 9.10. The maximum absolute atomic E-state index is 11.4. The van der Waals surface area contributed by atoms with Crippen molar-refractivity contribution in [2.45, 2.75) is 32.9 Å². The summed E-state index contributed by atoms with van der Waals surface area (Å²) in [6.45, 7) is 5.80. The molecule has 5 nitrogen and oxygen atoms in total. The second kappa shape index (κ2) is 5.35. The van der Waals surface area contributed by atoms with Crippen LogP contribution in [-0.2, 0) is 11.3 Å². The van der Waals surface area contributed by atoms with Gasteiger partial charge in [-0.3, -0.25) is 0 Å². The van der Waals surface area contributed by atoms with Crippen LogP contribution in [0.15, 0.2) is 16.7 Å². The van der Waals surface area contributed by atoms with Crippen molar-refractivity contribution < 1.29 is 9.53 Å². The molecule has 0 saturated heterocycles. The Morgan fingerprint density at radius 3 is 2.82 bits per heavy atom. The minimum absolute atomic E-state index is 0.148. The molecular weight excluding hydrogens is 286 g/mol. The molecule has 0 aliphatic rings. The number of carbonyl (C=O) groups is 1. The molecule has 0 aromatic carbocycles. The van der Waals surface area contributed by atoms with E-state index in [1.165, 1.54) is 0 Å². The lowest BCUT2D eigenvalue weighted by Crippen LogP contribution is -2.40. The molecule has 1 aromatic rings. The third-order valence-corrected chi connectivity index (χ3v) is 2.51. The molecule has 0 atom stereocenters. The van der Waals surface area contributed by atoms with E-state index in [1.807, 2.05) is 20.8 Å². The van der Waals surface area contributed by atoms with Crippen LogP contribution in [0.1, 0.15) is 26.3 Å². The number of pyridine rings is 1. The van der Waals surface area contributed by atoms with Crippen molar-refractivity contribution in [3.63, 3.8) is 0 Å². The Hall–Kier alpha value is -1.30. The highest BCUT2D eigenvalue weighted by atomic mass is 79.9. The molecule has 0 spiro atoms. The Kier molecular flexibility index (Phi) is 4.34. The van der Waals surface area contributed by atoms with E-state index in [2.05, 4.69) is 26.2 Å². The van der Waals surface area contributed by atoms with Gasteiger partial charge < -0.3 is 15.8 Å². The van der Waals surface area contributed by atoms with Crippen molar-refractivity contribution in [3.8, 4) is 0 Å². The second-order valence-electron chi connectivity index (χ2n) is 4.65. The summed E-state index contributed by atoms with van der Waals surface area (Å²) in [5.41, 5.74) is 6.01. The normalized spacial score (nSPS) is 11.1. The number of aromatic nitrogens is 1. The van der Waals surface area contributed by atoms with E-state index in [-0.39, 0.29) is 12.1 Å². The predicted molar refractivity (Wildman–Crippen MR) is 69.4 cm³/mol. The van der Waals surface area contributed by atoms with Crippen LogP contribution in [-0.4, -0.2) is 16.6 Å². The lowest BCUT2D eigenvalue weighted by atomic mass is 10.1. The van der Waals surface area contributed by atoms with Crippen molar-refractivity contribution in [3.05, 3.63) is 22.3 Å². The molecule has 1 aromatic heterocycles. The predicted octanol–water partition coefficient (Wildman–Crippen LogP) is 2.45. The molecule has 0 unspecified atom stereocenters. The van der Waals surface area contributed by atoms with Gasteiger partial charge in [0.25, 0.3) is 0 Å². The Labute approximate surface area is 109 Å². The summed E-state index contributed by atoms with van der Waals surface area (Å²) in [4.78, 5) is 15.3. The number of anilines is 1. The van der Waals surface area contributed by atoms with Crippen molar-refractivity contribution in [1.82, 2.24) is 10.3 Å². The highest BCUT2D eigenvalue weighted by Crippen LogP contribution is 2.18. The van der Waals surface area contributed by atoms with Crippen molar-refractivity contribution in [1.29, 1.82) is 0 Å². The number of hydrogen-bond acceptors (Lipinski definition) is 4. The summed E-state index contributed by atoms with van der Waals surface area (Å²) in [6.07, 6.45) is 1.12. The van der Waals surface area contributed by atoms with Gasteiger partial charge in [-0.25, -0.2) is 9.78 Å². The van der Waals surface area contributed by atoms with Crippen LogP contribution in [0.2, 0.25) is 0 Å². The molecule has 0 fully saturated rings. The van der Waals surface area contributed by atoms with Gasteiger partial charge in [0, 0.05) is 21.8 Å². The summed E-state index contributed by atoms with van der Waals surface area (Å²) in [5, 5.41) is 2.70. The fraction of sp³-hybridized carbons (Fsp3) is 0.455. The molecule has 0 radical (unpaired) electrons. The van der Waals surface area contributed by atoms with Crippen molar-refractivity contribution in [2.24, 2.45) is 0 Å². The minimum Gasteiger partial charge on any atom is -0.445 e. The van der Waals surface area contributed by atoms with Crippen LogP contribution < -0.4 is 11.1 Å². The maximum Gasteiger partial charge on any atom is 0.407 e. The Balaban J connectivity index is 2.56. The zero-order valence-electron chi connectivity index (χ0n) is 10.1. The number of alkyl carbamates (subject to hydrolysis) is 1. The fourth-order valence-corrected chi connectivity index (χ4v) is 1.43. The van der Waals surface area contributed by atoms with E-state index in [1.54, 1.807) is 12.3 Å². The van der Waals surface area contributed by atoms with Gasteiger partial charge in [-0.15, -0.1) is 0 Å². The van der Waals surface area contributed by atoms with Gasteiger partial charge in [-0.1, -0.05) is 0 Å². The fourth-order valence-electron chi connectivity index (χ4n) is 1.10. The lowest BCUT2D eigenvalue weighted by molar-refractivity contribution is 0.131. The van der Waals surface area contributed by atoms with Gasteiger partial charge in [0.1, 0.15) is 12.4 Å². The van der Waals surface area contributed by atoms with E-state index >= 15 is 0 Å². The minimum atomic E-state index is -0.459. The first-order valence-corrected chi connectivity index (χ1v) is 5.92. The molecule has 0 saturated carbocycles. The third kappa shape index (κ3) is 5.04. The number of carbonyl (C=O) groups excluding carboxylic acids is 1. The quantitative estimate of drug-likeness (QED) is 0.879. The van der Waals surface area contributed by atoms with Gasteiger partial charge in [0.2, 0.25) is 0 Å². The first-order chi connectivity index (χ1) is 7.78. The largest absolute Gasteiger partial charge is 0.445 e. The standard InChI is InChI=1S/C11H16BrN3O2/c1-11(2,3)15-10(16)17-6-7-4-9(13)14-5-8(7)12/h4-5H,6H2,1-3H3,(H2,13,14)(H,15,16). The number of nitrogens with one attached hydrogen (secondary N) is 1. The summed E-state index contributed by atoms with van der Waals surface area (Å²) in [6, 6.07) is 1.66. The molecular formula is C11H16BrN3O2. The zero-order chi connectivity index (χ0) is 13.1. The van der Waals surface area contributed by atoms with Crippen molar-refractivity contribution >= 4 is 27.8 Å². The highest BCUT2D eigenvalue weighted by Gasteiger charge is 2.15. The Morgan fingerprint density at radius 2 is 2.24 bits per heavy atom. The molecule has 0 bridgehead atoms. The van der Waals surface area contributed by atoms with E-state index in [0.717, 1.165) is 10.0 Å². The number of nitrogens with zero attached hydrogens (tertiary/aromatic N) is 1. The van der Waals surface area contributed by atoms with E-state index in [0.29, 0.717) is 5.82 Å². The number of nitrogens with two attached hydrogens (primary N) is 1. The average molecular weight is 302 g/mol. The summed E-state index contributed by atoms with van der Waals surface area (Å²) >= 11 is 3.31. The summed E-state index contributed by atoms with van der Waals surface area (Å²) in [5.74, 6) is 0.392. The molecule has 3 N–H and O–H groups in total. The van der Waals surface area contributed by atoms with E-state index < -0.39 is 6.09 Å². The van der Waals surface area contributed by atoms with Crippen LogP contribution in [0.3, 0.4) is 0 Å². The average Bonchev–Trinajstić information content (AvgIpc) is 2.17. The van der Waals surface area contributed by atoms with E-state index in [4.69, 9.17) is 10.5 Å². The molecule has 0 aliphatic heterocycles. The van der Waals surface area contributed by atoms with Crippen molar-refractivity contribution in [2.75, 3.05) is 5.73 Å². The van der Waals surface area contributed by atoms with Gasteiger partial charge in [0.15, 0.2) is 0 Å². The Bertz CT molecular complexity index is 416. The molecule has 1 heterocycles. The molecule has 6 heteroatoms. The van der Waals surface area contributed by atoms with Gasteiger partial charge in [-0.05, 0) is 42.8 Å². The second-order valence-corrected chi connectivity index (χ2v) is 5.51. The van der Waals surface area contributed by atoms with Crippen LogP contribution in [0, 0.1) is 0 Å².